The third-order valence-electron chi connectivity index (χ3n) is 3.00. The van der Waals surface area contributed by atoms with E-state index in [1.54, 1.807) is 29.3 Å². The largest absolute Gasteiger partial charge is 0.487 e. The molecule has 118 valence electrons. The minimum atomic E-state index is 0.383. The van der Waals surface area contributed by atoms with Crippen molar-refractivity contribution >= 4 is 5.82 Å². The molecule has 0 amide bonds. The van der Waals surface area contributed by atoms with E-state index >= 15 is 0 Å². The van der Waals surface area contributed by atoms with E-state index in [0.717, 1.165) is 16.9 Å². The number of ether oxygens (including phenoxy) is 1. The van der Waals surface area contributed by atoms with Gasteiger partial charge in [-0.1, -0.05) is 0 Å². The van der Waals surface area contributed by atoms with Crippen molar-refractivity contribution in [3.8, 4) is 11.6 Å². The number of rotatable bonds is 6. The Labute approximate surface area is 133 Å². The van der Waals surface area contributed by atoms with E-state index in [0.29, 0.717) is 18.2 Å². The summed E-state index contributed by atoms with van der Waals surface area (Å²) in [7, 11) is 1.50. The van der Waals surface area contributed by atoms with E-state index < -0.39 is 0 Å². The molecule has 0 saturated carbocycles. The Kier molecular flexibility index (Phi) is 4.44. The SMILES string of the molecule is CONc1cc(OCc2ccnc(-n3cc(C)cn3)c2)cnn1. The van der Waals surface area contributed by atoms with Gasteiger partial charge in [-0.2, -0.15) is 10.2 Å². The van der Waals surface area contributed by atoms with Crippen LogP contribution in [0.4, 0.5) is 5.82 Å². The summed E-state index contributed by atoms with van der Waals surface area (Å²) in [6, 6.07) is 5.52. The zero-order valence-electron chi connectivity index (χ0n) is 12.8. The second-order valence-corrected chi connectivity index (χ2v) is 4.86. The highest BCUT2D eigenvalue weighted by atomic mass is 16.6. The third kappa shape index (κ3) is 3.80. The number of anilines is 1. The van der Waals surface area contributed by atoms with Gasteiger partial charge in [0.2, 0.25) is 0 Å². The summed E-state index contributed by atoms with van der Waals surface area (Å²) in [4.78, 5) is 9.10. The summed E-state index contributed by atoms with van der Waals surface area (Å²) in [6.45, 7) is 2.37. The fourth-order valence-corrected chi connectivity index (χ4v) is 1.96. The minimum Gasteiger partial charge on any atom is -0.487 e. The molecule has 0 aliphatic rings. The van der Waals surface area contributed by atoms with Crippen molar-refractivity contribution in [2.45, 2.75) is 13.5 Å². The predicted octanol–water partition coefficient (Wildman–Crippen LogP) is 1.92. The number of aromatic nitrogens is 5. The van der Waals surface area contributed by atoms with E-state index in [9.17, 15) is 0 Å². The van der Waals surface area contributed by atoms with Gasteiger partial charge in [-0.3, -0.25) is 4.84 Å². The zero-order valence-corrected chi connectivity index (χ0v) is 12.8. The molecule has 8 heteroatoms. The summed E-state index contributed by atoms with van der Waals surface area (Å²) in [6.07, 6.45) is 6.98. The highest BCUT2D eigenvalue weighted by Gasteiger charge is 2.04. The molecule has 0 atom stereocenters. The summed E-state index contributed by atoms with van der Waals surface area (Å²) in [5.74, 6) is 1.81. The van der Waals surface area contributed by atoms with Crippen LogP contribution in [0.15, 0.2) is 43.0 Å². The van der Waals surface area contributed by atoms with Crippen LogP contribution < -0.4 is 10.2 Å². The fraction of sp³-hybridized carbons (Fsp3) is 0.200. The summed E-state index contributed by atoms with van der Waals surface area (Å²) in [5.41, 5.74) is 4.66. The lowest BCUT2D eigenvalue weighted by molar-refractivity contribution is 0.267. The lowest BCUT2D eigenvalue weighted by atomic mass is 10.3. The van der Waals surface area contributed by atoms with E-state index in [1.165, 1.54) is 7.11 Å². The molecule has 0 fully saturated rings. The zero-order chi connectivity index (χ0) is 16.1. The number of pyridine rings is 1. The van der Waals surface area contributed by atoms with Crippen molar-refractivity contribution in [1.82, 2.24) is 25.0 Å². The van der Waals surface area contributed by atoms with Crippen LogP contribution >= 0.6 is 0 Å². The van der Waals surface area contributed by atoms with Crippen molar-refractivity contribution in [2.75, 3.05) is 12.6 Å². The Balaban J connectivity index is 1.70. The Morgan fingerprint density at radius 3 is 2.96 bits per heavy atom. The molecule has 0 unspecified atom stereocenters. The first kappa shape index (κ1) is 14.9. The molecule has 8 nitrogen and oxygen atoms in total. The monoisotopic (exact) mass is 312 g/mol. The van der Waals surface area contributed by atoms with Gasteiger partial charge in [0.15, 0.2) is 11.6 Å². The Bertz CT molecular complexity index is 789. The van der Waals surface area contributed by atoms with Crippen molar-refractivity contribution in [3.05, 3.63) is 54.1 Å². The maximum atomic E-state index is 5.72. The third-order valence-corrected chi connectivity index (χ3v) is 3.00. The lowest BCUT2D eigenvalue weighted by Gasteiger charge is -2.08. The van der Waals surface area contributed by atoms with Gasteiger partial charge in [-0.05, 0) is 30.2 Å². The Hall–Kier alpha value is -3.00. The first-order valence-electron chi connectivity index (χ1n) is 6.96. The van der Waals surface area contributed by atoms with Crippen LogP contribution in [0.1, 0.15) is 11.1 Å². The number of hydrogen-bond acceptors (Lipinski definition) is 7. The van der Waals surface area contributed by atoms with Crippen molar-refractivity contribution in [2.24, 2.45) is 0 Å². The number of nitrogens with zero attached hydrogens (tertiary/aromatic N) is 5. The standard InChI is InChI=1S/C15H16N6O2/c1-11-7-18-21(9-11)15-5-12(3-4-16-15)10-23-13-6-14(20-22-2)19-17-8-13/h3-9H,10H2,1-2H3,(H,19,20). The van der Waals surface area contributed by atoms with Crippen LogP contribution in [0.5, 0.6) is 5.75 Å². The molecule has 3 rings (SSSR count). The number of hydrogen-bond donors (Lipinski definition) is 1. The summed E-state index contributed by atoms with van der Waals surface area (Å²) < 4.78 is 7.45. The van der Waals surface area contributed by atoms with Gasteiger partial charge in [-0.25, -0.2) is 15.1 Å². The predicted molar refractivity (Wildman–Crippen MR) is 83.1 cm³/mol. The van der Waals surface area contributed by atoms with E-state index in [1.807, 2.05) is 25.3 Å². The molecular formula is C15H16N6O2. The molecule has 0 spiro atoms. The molecule has 0 radical (unpaired) electrons. The van der Waals surface area contributed by atoms with Crippen LogP contribution in [0, 0.1) is 6.92 Å². The first-order chi connectivity index (χ1) is 11.2. The van der Waals surface area contributed by atoms with Gasteiger partial charge < -0.3 is 4.74 Å². The molecule has 0 aliphatic heterocycles. The molecule has 3 heterocycles. The highest BCUT2D eigenvalue weighted by molar-refractivity contribution is 5.36. The number of aryl methyl sites for hydroxylation is 1. The summed E-state index contributed by atoms with van der Waals surface area (Å²) >= 11 is 0. The molecule has 0 aromatic carbocycles. The quantitative estimate of drug-likeness (QED) is 0.696. The molecule has 3 aromatic rings. The molecule has 0 aliphatic carbocycles. The van der Waals surface area contributed by atoms with Crippen LogP contribution in [0.25, 0.3) is 5.82 Å². The van der Waals surface area contributed by atoms with Gasteiger partial charge in [0, 0.05) is 18.5 Å². The minimum absolute atomic E-state index is 0.383. The van der Waals surface area contributed by atoms with Crippen molar-refractivity contribution in [3.63, 3.8) is 0 Å². The van der Waals surface area contributed by atoms with E-state index in [4.69, 9.17) is 9.57 Å². The van der Waals surface area contributed by atoms with Crippen LogP contribution in [0.2, 0.25) is 0 Å². The smallest absolute Gasteiger partial charge is 0.176 e. The van der Waals surface area contributed by atoms with Crippen LogP contribution in [-0.2, 0) is 11.4 Å². The maximum Gasteiger partial charge on any atom is 0.176 e. The van der Waals surface area contributed by atoms with Gasteiger partial charge in [-0.15, -0.1) is 5.10 Å². The normalized spacial score (nSPS) is 10.5. The van der Waals surface area contributed by atoms with Crippen LogP contribution in [-0.4, -0.2) is 32.1 Å². The van der Waals surface area contributed by atoms with E-state index in [-0.39, 0.29) is 0 Å². The first-order valence-corrected chi connectivity index (χ1v) is 6.96. The van der Waals surface area contributed by atoms with Gasteiger partial charge in [0.05, 0.1) is 19.5 Å². The van der Waals surface area contributed by atoms with Gasteiger partial charge >= 0.3 is 0 Å². The highest BCUT2D eigenvalue weighted by Crippen LogP contribution is 2.15. The average molecular weight is 312 g/mol. The van der Waals surface area contributed by atoms with Gasteiger partial charge in [0.25, 0.3) is 0 Å². The molecule has 0 saturated heterocycles. The fourth-order valence-electron chi connectivity index (χ4n) is 1.96. The second-order valence-electron chi connectivity index (χ2n) is 4.86. The summed E-state index contributed by atoms with van der Waals surface area (Å²) in [5, 5.41) is 11.9. The Morgan fingerprint density at radius 2 is 2.17 bits per heavy atom. The van der Waals surface area contributed by atoms with Crippen molar-refractivity contribution in [1.29, 1.82) is 0 Å². The van der Waals surface area contributed by atoms with Gasteiger partial charge in [0.1, 0.15) is 12.4 Å². The van der Waals surface area contributed by atoms with Crippen molar-refractivity contribution < 1.29 is 9.57 Å². The maximum absolute atomic E-state index is 5.72. The molecular weight excluding hydrogens is 296 g/mol. The number of nitrogens with one attached hydrogen (secondary N) is 1. The average Bonchev–Trinajstić information content (AvgIpc) is 3.01. The van der Waals surface area contributed by atoms with E-state index in [2.05, 4.69) is 25.8 Å². The topological polar surface area (TPSA) is 87.0 Å². The second kappa shape index (κ2) is 6.84. The molecule has 23 heavy (non-hydrogen) atoms. The molecule has 1 N–H and O–H groups in total. The molecule has 0 bridgehead atoms. The Morgan fingerprint density at radius 1 is 1.26 bits per heavy atom. The molecule has 3 aromatic heterocycles. The van der Waals surface area contributed by atoms with Crippen LogP contribution in [0.3, 0.4) is 0 Å². The lowest BCUT2D eigenvalue weighted by Crippen LogP contribution is -2.03.